The molecule has 2 nitrogen and oxygen atoms in total. The summed E-state index contributed by atoms with van der Waals surface area (Å²) in [6, 6.07) is 8.52. The molecular weight excluding hydrogens is 218 g/mol. The van der Waals surface area contributed by atoms with E-state index in [2.05, 4.69) is 24.3 Å². The molecule has 1 aromatic carbocycles. The first-order valence-electron chi connectivity index (χ1n) is 5.92. The Morgan fingerprint density at radius 2 is 2.12 bits per heavy atom. The highest BCUT2D eigenvalue weighted by atomic mass is 32.2. The van der Waals surface area contributed by atoms with Crippen molar-refractivity contribution < 1.29 is 4.74 Å². The van der Waals surface area contributed by atoms with Crippen LogP contribution >= 0.6 is 11.8 Å². The Morgan fingerprint density at radius 1 is 1.31 bits per heavy atom. The summed E-state index contributed by atoms with van der Waals surface area (Å²) >= 11 is 1.91. The van der Waals surface area contributed by atoms with Gasteiger partial charge in [-0.25, -0.2) is 0 Å². The lowest BCUT2D eigenvalue weighted by Crippen LogP contribution is -2.05. The van der Waals surface area contributed by atoms with Crippen LogP contribution in [0.1, 0.15) is 24.8 Å². The van der Waals surface area contributed by atoms with Gasteiger partial charge in [0.25, 0.3) is 0 Å². The zero-order valence-electron chi connectivity index (χ0n) is 9.52. The molecule has 1 fully saturated rings. The predicted octanol–water partition coefficient (Wildman–Crippen LogP) is 2.81. The summed E-state index contributed by atoms with van der Waals surface area (Å²) in [6.45, 7) is 1.58. The molecular formula is C13H19NOS. The zero-order valence-corrected chi connectivity index (χ0v) is 10.3. The molecule has 1 saturated heterocycles. The molecule has 0 bridgehead atoms. The summed E-state index contributed by atoms with van der Waals surface area (Å²) in [5.74, 6) is 1.15. The molecule has 16 heavy (non-hydrogen) atoms. The Bertz CT molecular complexity index is 306. The van der Waals surface area contributed by atoms with Crippen molar-refractivity contribution in [3.05, 3.63) is 29.8 Å². The Hall–Kier alpha value is -0.510. The summed E-state index contributed by atoms with van der Waals surface area (Å²) < 4.78 is 5.60. The van der Waals surface area contributed by atoms with Gasteiger partial charge in [0.1, 0.15) is 0 Å². The van der Waals surface area contributed by atoms with Crippen molar-refractivity contribution in [3.63, 3.8) is 0 Å². The maximum atomic E-state index is 5.60. The summed E-state index contributed by atoms with van der Waals surface area (Å²) in [5.41, 5.74) is 6.76. The van der Waals surface area contributed by atoms with E-state index in [0.717, 1.165) is 12.4 Å². The normalized spacial score (nSPS) is 20.2. The molecule has 0 amide bonds. The van der Waals surface area contributed by atoms with Gasteiger partial charge in [0.15, 0.2) is 0 Å². The molecule has 1 unspecified atom stereocenters. The quantitative estimate of drug-likeness (QED) is 0.800. The van der Waals surface area contributed by atoms with Gasteiger partial charge in [-0.1, -0.05) is 12.1 Å². The van der Waals surface area contributed by atoms with E-state index in [4.69, 9.17) is 10.5 Å². The Labute approximate surface area is 102 Å². The van der Waals surface area contributed by atoms with E-state index in [9.17, 15) is 0 Å². The molecule has 1 atom stereocenters. The fraction of sp³-hybridized carbons (Fsp3) is 0.538. The van der Waals surface area contributed by atoms with Crippen LogP contribution in [0.5, 0.6) is 0 Å². The third-order valence-corrected chi connectivity index (χ3v) is 3.94. The number of hydrogen-bond acceptors (Lipinski definition) is 3. The third kappa shape index (κ3) is 3.51. The van der Waals surface area contributed by atoms with Crippen molar-refractivity contribution in [2.24, 2.45) is 5.73 Å². The lowest BCUT2D eigenvalue weighted by atomic mass is 10.2. The molecule has 0 spiro atoms. The van der Waals surface area contributed by atoms with Crippen LogP contribution in [0.25, 0.3) is 0 Å². The summed E-state index contributed by atoms with van der Waals surface area (Å²) in [4.78, 5) is 1.33. The highest BCUT2D eigenvalue weighted by Gasteiger charge is 2.14. The second-order valence-corrected chi connectivity index (χ2v) is 5.29. The average molecular weight is 237 g/mol. The van der Waals surface area contributed by atoms with Gasteiger partial charge >= 0.3 is 0 Å². The van der Waals surface area contributed by atoms with E-state index in [-0.39, 0.29) is 0 Å². The monoisotopic (exact) mass is 237 g/mol. The highest BCUT2D eigenvalue weighted by molar-refractivity contribution is 7.99. The SMILES string of the molecule is NCc1ccc(SCCC2CCCO2)cc1. The zero-order chi connectivity index (χ0) is 11.2. The molecule has 2 rings (SSSR count). The fourth-order valence-electron chi connectivity index (χ4n) is 1.90. The van der Waals surface area contributed by atoms with Gasteiger partial charge in [-0.15, -0.1) is 11.8 Å². The van der Waals surface area contributed by atoms with Crippen molar-refractivity contribution >= 4 is 11.8 Å². The van der Waals surface area contributed by atoms with Crippen molar-refractivity contribution in [1.29, 1.82) is 0 Å². The average Bonchev–Trinajstić information content (AvgIpc) is 2.83. The van der Waals surface area contributed by atoms with Gasteiger partial charge in [0.2, 0.25) is 0 Å². The van der Waals surface area contributed by atoms with E-state index in [0.29, 0.717) is 12.6 Å². The molecule has 3 heteroatoms. The van der Waals surface area contributed by atoms with Crippen LogP contribution in [0.4, 0.5) is 0 Å². The Morgan fingerprint density at radius 3 is 2.75 bits per heavy atom. The van der Waals surface area contributed by atoms with Crippen molar-refractivity contribution in [2.45, 2.75) is 36.8 Å². The number of rotatable bonds is 5. The molecule has 1 heterocycles. The minimum absolute atomic E-state index is 0.510. The first-order valence-corrected chi connectivity index (χ1v) is 6.90. The number of nitrogens with two attached hydrogens (primary N) is 1. The first-order chi connectivity index (χ1) is 7.88. The van der Waals surface area contributed by atoms with Gasteiger partial charge in [0.05, 0.1) is 6.10 Å². The van der Waals surface area contributed by atoms with E-state index >= 15 is 0 Å². The van der Waals surface area contributed by atoms with Gasteiger partial charge in [-0.2, -0.15) is 0 Å². The molecule has 0 aromatic heterocycles. The fourth-order valence-corrected chi connectivity index (χ4v) is 2.85. The lowest BCUT2D eigenvalue weighted by molar-refractivity contribution is 0.109. The summed E-state index contributed by atoms with van der Waals surface area (Å²) in [7, 11) is 0. The van der Waals surface area contributed by atoms with Crippen LogP contribution in [-0.2, 0) is 11.3 Å². The van der Waals surface area contributed by atoms with E-state index < -0.39 is 0 Å². The number of ether oxygens (including phenoxy) is 1. The number of hydrogen-bond donors (Lipinski definition) is 1. The largest absolute Gasteiger partial charge is 0.378 e. The predicted molar refractivity (Wildman–Crippen MR) is 68.6 cm³/mol. The Kier molecular flexibility index (Phi) is 4.69. The molecule has 0 aliphatic carbocycles. The first kappa shape index (κ1) is 12.0. The maximum Gasteiger partial charge on any atom is 0.0584 e. The molecule has 0 radical (unpaired) electrons. The second kappa shape index (κ2) is 6.28. The second-order valence-electron chi connectivity index (χ2n) is 4.12. The van der Waals surface area contributed by atoms with Crippen LogP contribution in [-0.4, -0.2) is 18.5 Å². The van der Waals surface area contributed by atoms with E-state index in [1.807, 2.05) is 11.8 Å². The van der Waals surface area contributed by atoms with Gasteiger partial charge < -0.3 is 10.5 Å². The van der Waals surface area contributed by atoms with E-state index in [1.54, 1.807) is 0 Å². The standard InChI is InChI=1S/C13H19NOS/c14-10-11-3-5-13(6-4-11)16-9-7-12-2-1-8-15-12/h3-6,12H,1-2,7-10,14H2. The van der Waals surface area contributed by atoms with Crippen LogP contribution in [0, 0.1) is 0 Å². The molecule has 0 saturated carbocycles. The van der Waals surface area contributed by atoms with Crippen molar-refractivity contribution in [3.8, 4) is 0 Å². The maximum absolute atomic E-state index is 5.60. The molecule has 1 aromatic rings. The van der Waals surface area contributed by atoms with Gasteiger partial charge in [0, 0.05) is 23.8 Å². The topological polar surface area (TPSA) is 35.2 Å². The van der Waals surface area contributed by atoms with Gasteiger partial charge in [-0.3, -0.25) is 0 Å². The van der Waals surface area contributed by atoms with Crippen LogP contribution in [0.2, 0.25) is 0 Å². The smallest absolute Gasteiger partial charge is 0.0584 e. The number of thioether (sulfide) groups is 1. The molecule has 88 valence electrons. The highest BCUT2D eigenvalue weighted by Crippen LogP contribution is 2.23. The van der Waals surface area contributed by atoms with Crippen LogP contribution < -0.4 is 5.73 Å². The molecule has 2 N–H and O–H groups in total. The molecule has 1 aliphatic rings. The van der Waals surface area contributed by atoms with Crippen LogP contribution in [0.3, 0.4) is 0 Å². The summed E-state index contributed by atoms with van der Waals surface area (Å²) in [5, 5.41) is 0. The Balaban J connectivity index is 1.71. The van der Waals surface area contributed by atoms with Crippen LogP contribution in [0.15, 0.2) is 29.2 Å². The van der Waals surface area contributed by atoms with Crippen molar-refractivity contribution in [1.82, 2.24) is 0 Å². The minimum atomic E-state index is 0.510. The minimum Gasteiger partial charge on any atom is -0.378 e. The van der Waals surface area contributed by atoms with E-state index in [1.165, 1.54) is 29.7 Å². The lowest BCUT2D eigenvalue weighted by Gasteiger charge is -2.08. The van der Waals surface area contributed by atoms with Crippen molar-refractivity contribution in [2.75, 3.05) is 12.4 Å². The van der Waals surface area contributed by atoms with Gasteiger partial charge in [-0.05, 0) is 37.0 Å². The molecule has 1 aliphatic heterocycles. The third-order valence-electron chi connectivity index (χ3n) is 2.89. The number of benzene rings is 1. The summed E-state index contributed by atoms with van der Waals surface area (Å²) in [6.07, 6.45) is 4.16.